The van der Waals surface area contributed by atoms with E-state index in [1.807, 2.05) is 6.92 Å². The van der Waals surface area contributed by atoms with Crippen molar-refractivity contribution in [2.24, 2.45) is 7.05 Å². The Morgan fingerprint density at radius 1 is 1.53 bits per heavy atom. The van der Waals surface area contributed by atoms with Crippen LogP contribution in [0.1, 0.15) is 6.92 Å². The lowest BCUT2D eigenvalue weighted by Gasteiger charge is -2.21. The Hall–Kier alpha value is -1.83. The first-order valence-electron chi connectivity index (χ1n) is 5.91. The third kappa shape index (κ3) is 1.92. The van der Waals surface area contributed by atoms with Crippen LogP contribution in [-0.4, -0.2) is 26.5 Å². The Balaban J connectivity index is 2.20. The molecule has 0 spiro atoms. The molecule has 0 radical (unpaired) electrons. The van der Waals surface area contributed by atoms with Gasteiger partial charge in [-0.3, -0.25) is 14.3 Å². The standard InChI is InChI=1S/C12H14N3O4/c1-12(7-19-12)6-14-10-5-8(15(17)18)3-4-9(10)13(2)11(14)16/h3-5,17H,6-7H2,1-2H3/q-1. The zero-order chi connectivity index (χ0) is 13.8. The molecule has 1 aromatic carbocycles. The van der Waals surface area contributed by atoms with Crippen molar-refractivity contribution in [2.45, 2.75) is 19.1 Å². The maximum Gasteiger partial charge on any atom is 0.328 e. The third-order valence-corrected chi connectivity index (χ3v) is 3.48. The topological polar surface area (TPSA) is 86.0 Å². The van der Waals surface area contributed by atoms with Crippen molar-refractivity contribution < 1.29 is 9.94 Å². The fraction of sp³-hybridized carbons (Fsp3) is 0.417. The minimum absolute atomic E-state index is 0.0914. The maximum absolute atomic E-state index is 12.2. The molecule has 1 fully saturated rings. The molecule has 0 amide bonds. The van der Waals surface area contributed by atoms with Crippen LogP contribution in [-0.2, 0) is 18.3 Å². The van der Waals surface area contributed by atoms with Gasteiger partial charge in [-0.1, -0.05) is 0 Å². The van der Waals surface area contributed by atoms with Gasteiger partial charge < -0.3 is 15.2 Å². The van der Waals surface area contributed by atoms with Crippen molar-refractivity contribution in [3.05, 3.63) is 33.9 Å². The average molecular weight is 264 g/mol. The fourth-order valence-corrected chi connectivity index (χ4v) is 2.22. The minimum atomic E-state index is -0.315. The van der Waals surface area contributed by atoms with Crippen LogP contribution in [0.25, 0.3) is 11.0 Å². The highest BCUT2D eigenvalue weighted by atomic mass is 16.8. The summed E-state index contributed by atoms with van der Waals surface area (Å²) in [5.41, 5.74) is 0.925. The number of benzene rings is 1. The number of fused-ring (bicyclic) bond motifs is 1. The number of imidazole rings is 1. The Kier molecular flexibility index (Phi) is 2.46. The van der Waals surface area contributed by atoms with Crippen molar-refractivity contribution in [2.75, 3.05) is 11.8 Å². The van der Waals surface area contributed by atoms with Gasteiger partial charge in [0.25, 0.3) is 0 Å². The monoisotopic (exact) mass is 264 g/mol. The highest BCUT2D eigenvalue weighted by molar-refractivity contribution is 5.80. The second kappa shape index (κ2) is 3.83. The van der Waals surface area contributed by atoms with E-state index in [2.05, 4.69) is 0 Å². The van der Waals surface area contributed by atoms with E-state index >= 15 is 0 Å². The summed E-state index contributed by atoms with van der Waals surface area (Å²) in [6, 6.07) is 4.60. The lowest BCUT2D eigenvalue weighted by Crippen LogP contribution is -2.27. The van der Waals surface area contributed by atoms with Gasteiger partial charge in [0.1, 0.15) is 5.60 Å². The van der Waals surface area contributed by atoms with E-state index in [1.54, 1.807) is 17.7 Å². The summed E-state index contributed by atoms with van der Waals surface area (Å²) in [6.45, 7) is 2.97. The van der Waals surface area contributed by atoms with Crippen molar-refractivity contribution in [3.63, 3.8) is 0 Å². The molecular weight excluding hydrogens is 250 g/mol. The van der Waals surface area contributed by atoms with Crippen LogP contribution in [0.2, 0.25) is 0 Å². The number of epoxide rings is 1. The number of rotatable bonds is 3. The van der Waals surface area contributed by atoms with Gasteiger partial charge in [0.2, 0.25) is 0 Å². The number of anilines is 1. The molecule has 3 rings (SSSR count). The smallest absolute Gasteiger partial charge is 0.328 e. The van der Waals surface area contributed by atoms with Crippen molar-refractivity contribution in [1.29, 1.82) is 0 Å². The molecule has 1 atom stereocenters. The Morgan fingerprint density at radius 3 is 2.79 bits per heavy atom. The number of hydrogen-bond acceptors (Lipinski definition) is 5. The average Bonchev–Trinajstić information content (AvgIpc) is 3.06. The molecule has 7 heteroatoms. The molecule has 2 heterocycles. The summed E-state index contributed by atoms with van der Waals surface area (Å²) in [6.07, 6.45) is 0. The molecule has 1 unspecified atom stereocenters. The number of nitrogens with zero attached hydrogens (tertiary/aromatic N) is 3. The first-order valence-corrected chi connectivity index (χ1v) is 5.91. The van der Waals surface area contributed by atoms with Crippen LogP contribution < -0.4 is 10.9 Å². The third-order valence-electron chi connectivity index (χ3n) is 3.48. The van der Waals surface area contributed by atoms with Crippen molar-refractivity contribution in [3.8, 4) is 0 Å². The summed E-state index contributed by atoms with van der Waals surface area (Å²) in [4.78, 5) is 12.2. The zero-order valence-electron chi connectivity index (χ0n) is 10.7. The van der Waals surface area contributed by atoms with Gasteiger partial charge in [0.15, 0.2) is 0 Å². The molecule has 19 heavy (non-hydrogen) atoms. The van der Waals surface area contributed by atoms with E-state index in [9.17, 15) is 10.0 Å². The van der Waals surface area contributed by atoms with E-state index in [4.69, 9.17) is 9.94 Å². The second-order valence-corrected chi connectivity index (χ2v) is 5.11. The minimum Gasteiger partial charge on any atom is -0.733 e. The molecular formula is C12H14N3O4-. The number of ether oxygens (including phenoxy) is 1. The highest BCUT2D eigenvalue weighted by Gasteiger charge is 2.40. The van der Waals surface area contributed by atoms with Crippen LogP contribution in [0.3, 0.4) is 0 Å². The van der Waals surface area contributed by atoms with Crippen LogP contribution in [0.4, 0.5) is 5.69 Å². The lowest BCUT2D eigenvalue weighted by atomic mass is 10.2. The molecule has 1 aliphatic rings. The first-order chi connectivity index (χ1) is 8.91. The second-order valence-electron chi connectivity index (χ2n) is 5.11. The van der Waals surface area contributed by atoms with E-state index in [0.717, 1.165) is 0 Å². The predicted octanol–water partition coefficient (Wildman–Crippen LogP) is 0.822. The quantitative estimate of drug-likeness (QED) is 0.655. The summed E-state index contributed by atoms with van der Waals surface area (Å²) in [5.74, 6) is 0. The fourth-order valence-electron chi connectivity index (χ4n) is 2.22. The Morgan fingerprint density at radius 2 is 2.21 bits per heavy atom. The molecule has 0 aliphatic carbocycles. The summed E-state index contributed by atoms with van der Waals surface area (Å²) >= 11 is 0. The Bertz CT molecular complexity index is 697. The highest BCUT2D eigenvalue weighted by Crippen LogP contribution is 2.29. The van der Waals surface area contributed by atoms with Gasteiger partial charge in [-0.05, 0) is 25.1 Å². The van der Waals surface area contributed by atoms with E-state index in [-0.39, 0.29) is 22.2 Å². The predicted molar refractivity (Wildman–Crippen MR) is 69.2 cm³/mol. The molecule has 7 nitrogen and oxygen atoms in total. The molecule has 102 valence electrons. The summed E-state index contributed by atoms with van der Waals surface area (Å²) in [7, 11) is 1.67. The van der Waals surface area contributed by atoms with Gasteiger partial charge in [-0.25, -0.2) is 4.79 Å². The van der Waals surface area contributed by atoms with Crippen molar-refractivity contribution >= 4 is 16.7 Å². The Labute approximate surface area is 108 Å². The maximum atomic E-state index is 12.2. The molecule has 1 N–H and O–H groups in total. The van der Waals surface area contributed by atoms with Crippen molar-refractivity contribution in [1.82, 2.24) is 9.13 Å². The molecule has 1 aromatic heterocycles. The number of aromatic nitrogens is 2. The molecule has 0 saturated carbocycles. The first kappa shape index (κ1) is 12.2. The van der Waals surface area contributed by atoms with E-state index in [1.165, 1.54) is 16.7 Å². The molecule has 0 bridgehead atoms. The van der Waals surface area contributed by atoms with Crippen LogP contribution >= 0.6 is 0 Å². The van der Waals surface area contributed by atoms with E-state index in [0.29, 0.717) is 24.2 Å². The largest absolute Gasteiger partial charge is 0.733 e. The van der Waals surface area contributed by atoms with Gasteiger partial charge in [0, 0.05) is 7.05 Å². The van der Waals surface area contributed by atoms with Gasteiger partial charge in [-0.15, -0.1) is 0 Å². The molecule has 1 aliphatic heterocycles. The number of aryl methyl sites for hydroxylation is 1. The zero-order valence-corrected chi connectivity index (χ0v) is 10.7. The van der Waals surface area contributed by atoms with Crippen LogP contribution in [0, 0.1) is 5.21 Å². The van der Waals surface area contributed by atoms with Gasteiger partial charge in [-0.2, -0.15) is 0 Å². The number of hydrogen-bond donors (Lipinski definition) is 1. The summed E-state index contributed by atoms with van der Waals surface area (Å²) < 4.78 is 8.38. The van der Waals surface area contributed by atoms with E-state index < -0.39 is 0 Å². The molecule has 1 saturated heterocycles. The SMILES string of the molecule is Cn1c(=O)n(CC2(C)CO2)c2cc(N([O-])O)ccc21. The summed E-state index contributed by atoms with van der Waals surface area (Å²) in [5, 5.41) is 19.7. The lowest BCUT2D eigenvalue weighted by molar-refractivity contribution is 0.293. The van der Waals surface area contributed by atoms with Gasteiger partial charge >= 0.3 is 5.69 Å². The van der Waals surface area contributed by atoms with Crippen LogP contribution in [0.15, 0.2) is 23.0 Å². The normalized spacial score (nSPS) is 21.9. The van der Waals surface area contributed by atoms with Gasteiger partial charge in [0.05, 0.1) is 29.9 Å². The molecule has 2 aromatic rings. The van der Waals surface area contributed by atoms with Crippen LogP contribution in [0.5, 0.6) is 0 Å².